The molecule has 0 aromatic carbocycles. The van der Waals surface area contributed by atoms with E-state index in [0.29, 0.717) is 19.0 Å². The topological polar surface area (TPSA) is 16.1 Å². The van der Waals surface area contributed by atoms with Crippen LogP contribution in [0, 0.1) is 5.92 Å². The molecule has 0 bridgehead atoms. The van der Waals surface area contributed by atoms with Crippen molar-refractivity contribution in [1.82, 2.24) is 9.88 Å². The maximum absolute atomic E-state index is 12.4. The van der Waals surface area contributed by atoms with Crippen LogP contribution in [0.5, 0.6) is 0 Å². The quantitative estimate of drug-likeness (QED) is 0.831. The fourth-order valence-corrected chi connectivity index (χ4v) is 2.95. The summed E-state index contributed by atoms with van der Waals surface area (Å²) < 4.78 is 37.2. The zero-order chi connectivity index (χ0) is 16.4. The van der Waals surface area contributed by atoms with E-state index in [1.807, 2.05) is 12.3 Å². The number of hydrogen-bond donors (Lipinski definition) is 0. The molecule has 0 N–H and O–H groups in total. The molecule has 1 aromatic heterocycles. The molecule has 0 unspecified atom stereocenters. The predicted octanol–water partition coefficient (Wildman–Crippen LogP) is 4.20. The van der Waals surface area contributed by atoms with Crippen molar-refractivity contribution in [2.24, 2.45) is 5.92 Å². The van der Waals surface area contributed by atoms with Gasteiger partial charge in [-0.25, -0.2) is 0 Å². The summed E-state index contributed by atoms with van der Waals surface area (Å²) in [5.41, 5.74) is 2.40. The van der Waals surface area contributed by atoms with Crippen molar-refractivity contribution in [2.45, 2.75) is 51.6 Å². The van der Waals surface area contributed by atoms with Gasteiger partial charge in [0, 0.05) is 11.9 Å². The third-order valence-corrected chi connectivity index (χ3v) is 4.29. The third-order valence-electron chi connectivity index (χ3n) is 4.29. The molecular weight excluding hydrogens is 289 g/mol. The van der Waals surface area contributed by atoms with Crippen molar-refractivity contribution in [2.75, 3.05) is 19.6 Å². The lowest BCUT2D eigenvalue weighted by Gasteiger charge is -2.32. The van der Waals surface area contributed by atoms with E-state index in [-0.39, 0.29) is 5.41 Å². The number of nitrogens with zero attached hydrogens (tertiary/aromatic N) is 2. The average molecular weight is 314 g/mol. The van der Waals surface area contributed by atoms with Gasteiger partial charge in [-0.1, -0.05) is 20.8 Å². The molecule has 1 aliphatic rings. The van der Waals surface area contributed by atoms with Gasteiger partial charge in [0.25, 0.3) is 0 Å². The van der Waals surface area contributed by atoms with Gasteiger partial charge in [-0.2, -0.15) is 13.2 Å². The summed E-state index contributed by atoms with van der Waals surface area (Å²) in [6.07, 6.45) is 0.253. The van der Waals surface area contributed by atoms with Crippen molar-refractivity contribution in [3.63, 3.8) is 0 Å². The highest BCUT2D eigenvalue weighted by atomic mass is 19.4. The molecule has 5 heteroatoms. The molecule has 124 valence electrons. The monoisotopic (exact) mass is 314 g/mol. The van der Waals surface area contributed by atoms with Crippen molar-refractivity contribution in [1.29, 1.82) is 0 Å². The van der Waals surface area contributed by atoms with Crippen LogP contribution in [0.25, 0.3) is 0 Å². The Kier molecular flexibility index (Phi) is 5.15. The first kappa shape index (κ1) is 17.3. The molecule has 1 aliphatic heterocycles. The first-order chi connectivity index (χ1) is 10.1. The summed E-state index contributed by atoms with van der Waals surface area (Å²) in [5, 5.41) is 0. The zero-order valence-corrected chi connectivity index (χ0v) is 13.6. The van der Waals surface area contributed by atoms with Gasteiger partial charge in [-0.05, 0) is 61.4 Å². The fourth-order valence-electron chi connectivity index (χ4n) is 2.95. The van der Waals surface area contributed by atoms with Crippen LogP contribution in [0.1, 0.15) is 44.9 Å². The molecule has 2 nitrogen and oxygen atoms in total. The molecule has 1 saturated heterocycles. The number of hydrogen-bond acceptors (Lipinski definition) is 2. The van der Waals surface area contributed by atoms with Gasteiger partial charge >= 0.3 is 6.18 Å². The lowest BCUT2D eigenvalue weighted by atomic mass is 9.86. The Morgan fingerprint density at radius 2 is 1.82 bits per heavy atom. The second-order valence-electron chi connectivity index (χ2n) is 7.32. The minimum Gasteiger partial charge on any atom is -0.295 e. The first-order valence-electron chi connectivity index (χ1n) is 7.88. The largest absolute Gasteiger partial charge is 0.401 e. The summed E-state index contributed by atoms with van der Waals surface area (Å²) in [5.74, 6) is 0.437. The molecule has 1 aromatic rings. The minimum absolute atomic E-state index is 0.0910. The lowest BCUT2D eigenvalue weighted by Crippen LogP contribution is -2.40. The highest BCUT2D eigenvalue weighted by Crippen LogP contribution is 2.26. The minimum atomic E-state index is -4.09. The zero-order valence-electron chi connectivity index (χ0n) is 13.6. The van der Waals surface area contributed by atoms with E-state index in [2.05, 4.69) is 31.8 Å². The summed E-state index contributed by atoms with van der Waals surface area (Å²) >= 11 is 0. The second kappa shape index (κ2) is 6.57. The normalized spacial score (nSPS) is 18.6. The van der Waals surface area contributed by atoms with Gasteiger partial charge in [0.2, 0.25) is 0 Å². The summed E-state index contributed by atoms with van der Waals surface area (Å²) in [4.78, 5) is 5.94. The molecule has 0 spiro atoms. The molecule has 0 aliphatic carbocycles. The van der Waals surface area contributed by atoms with E-state index in [9.17, 15) is 13.2 Å². The van der Waals surface area contributed by atoms with E-state index in [1.165, 1.54) is 10.5 Å². The van der Waals surface area contributed by atoms with E-state index in [1.54, 1.807) is 0 Å². The number of alkyl halides is 3. The van der Waals surface area contributed by atoms with Gasteiger partial charge in [0.1, 0.15) is 0 Å². The Balaban J connectivity index is 1.89. The lowest BCUT2D eigenvalue weighted by molar-refractivity contribution is -0.148. The van der Waals surface area contributed by atoms with E-state index >= 15 is 0 Å². The van der Waals surface area contributed by atoms with E-state index in [4.69, 9.17) is 0 Å². The SMILES string of the molecule is CC(C)(C)c1ccnc(CC2CCN(CC(F)(F)F)CC2)c1. The van der Waals surface area contributed by atoms with Crippen molar-refractivity contribution in [3.8, 4) is 0 Å². The highest BCUT2D eigenvalue weighted by molar-refractivity contribution is 5.23. The Bertz CT molecular complexity index is 483. The van der Waals surface area contributed by atoms with Gasteiger partial charge in [0.15, 0.2) is 0 Å². The average Bonchev–Trinajstić information content (AvgIpc) is 2.39. The van der Waals surface area contributed by atoms with Crippen LogP contribution in [0.3, 0.4) is 0 Å². The molecule has 1 fully saturated rings. The first-order valence-corrected chi connectivity index (χ1v) is 7.88. The number of piperidine rings is 1. The second-order valence-corrected chi connectivity index (χ2v) is 7.32. The number of pyridine rings is 1. The van der Waals surface area contributed by atoms with Crippen LogP contribution in [0.15, 0.2) is 18.3 Å². The number of likely N-dealkylation sites (tertiary alicyclic amines) is 1. The van der Waals surface area contributed by atoms with Gasteiger partial charge in [-0.15, -0.1) is 0 Å². The Labute approximate surface area is 130 Å². The summed E-state index contributed by atoms with van der Waals surface area (Å²) in [6, 6.07) is 4.18. The van der Waals surface area contributed by atoms with Crippen molar-refractivity contribution in [3.05, 3.63) is 29.6 Å². The molecule has 0 atom stereocenters. The van der Waals surface area contributed by atoms with Crippen LogP contribution < -0.4 is 0 Å². The van der Waals surface area contributed by atoms with Crippen molar-refractivity contribution < 1.29 is 13.2 Å². The van der Waals surface area contributed by atoms with Crippen molar-refractivity contribution >= 4 is 0 Å². The van der Waals surface area contributed by atoms with E-state index < -0.39 is 12.7 Å². The van der Waals surface area contributed by atoms with Crippen LogP contribution >= 0.6 is 0 Å². The van der Waals surface area contributed by atoms with Gasteiger partial charge in [-0.3, -0.25) is 9.88 Å². The Morgan fingerprint density at radius 3 is 2.36 bits per heavy atom. The predicted molar refractivity (Wildman–Crippen MR) is 81.9 cm³/mol. The Morgan fingerprint density at radius 1 is 1.18 bits per heavy atom. The number of halogens is 3. The summed E-state index contributed by atoms with van der Waals surface area (Å²) in [6.45, 7) is 6.79. The fraction of sp³-hybridized carbons (Fsp3) is 0.706. The molecule has 2 rings (SSSR count). The maximum Gasteiger partial charge on any atom is 0.401 e. The Hall–Kier alpha value is -1.10. The summed E-state index contributed by atoms with van der Waals surface area (Å²) in [7, 11) is 0. The number of rotatable bonds is 3. The maximum atomic E-state index is 12.4. The van der Waals surface area contributed by atoms with Crippen LogP contribution in [-0.2, 0) is 11.8 Å². The highest BCUT2D eigenvalue weighted by Gasteiger charge is 2.32. The molecule has 2 heterocycles. The molecule has 22 heavy (non-hydrogen) atoms. The van der Waals surface area contributed by atoms with Gasteiger partial charge in [0.05, 0.1) is 6.54 Å². The molecule has 0 saturated carbocycles. The van der Waals surface area contributed by atoms with E-state index in [0.717, 1.165) is 25.0 Å². The van der Waals surface area contributed by atoms with Crippen LogP contribution in [0.2, 0.25) is 0 Å². The standard InChI is InChI=1S/C17H25F3N2/c1-16(2,3)14-4-7-21-15(11-14)10-13-5-8-22(9-6-13)12-17(18,19)20/h4,7,11,13H,5-6,8-10,12H2,1-3H3. The van der Waals surface area contributed by atoms with Crippen LogP contribution in [-0.4, -0.2) is 35.7 Å². The van der Waals surface area contributed by atoms with Crippen LogP contribution in [0.4, 0.5) is 13.2 Å². The molecule has 0 amide bonds. The molecular formula is C17H25F3N2. The number of aromatic nitrogens is 1. The smallest absolute Gasteiger partial charge is 0.295 e. The third kappa shape index (κ3) is 5.27. The molecule has 0 radical (unpaired) electrons. The van der Waals surface area contributed by atoms with Gasteiger partial charge < -0.3 is 0 Å².